The summed E-state index contributed by atoms with van der Waals surface area (Å²) >= 11 is 0. The van der Waals surface area contributed by atoms with Crippen molar-refractivity contribution in [3.05, 3.63) is 30.0 Å². The largest absolute Gasteiger partial charge is 0.497 e. The van der Waals surface area contributed by atoms with Gasteiger partial charge in [0.2, 0.25) is 0 Å². The van der Waals surface area contributed by atoms with Gasteiger partial charge in [0.15, 0.2) is 5.69 Å². The third-order valence-corrected chi connectivity index (χ3v) is 3.08. The van der Waals surface area contributed by atoms with Gasteiger partial charge in [-0.15, -0.1) is 0 Å². The standard InChI is InChI=1S/C13H11N5O4/c1-21-7-3-4-8(11(5-7)22-2)9-6-10(12(19)20)18-13(14-9)15-16-17-18/h3-6H,1-2H3,(H,19,20). The molecule has 0 atom stereocenters. The SMILES string of the molecule is COc1ccc(-c2cc(C(=O)O)n3nnnc3n2)c(OC)c1. The molecule has 22 heavy (non-hydrogen) atoms. The molecule has 9 nitrogen and oxygen atoms in total. The lowest BCUT2D eigenvalue weighted by Gasteiger charge is -2.10. The summed E-state index contributed by atoms with van der Waals surface area (Å²) in [5, 5.41) is 20.0. The first-order valence-corrected chi connectivity index (χ1v) is 6.19. The first kappa shape index (κ1) is 13.7. The zero-order chi connectivity index (χ0) is 15.7. The molecule has 0 bridgehead atoms. The van der Waals surface area contributed by atoms with Crippen molar-refractivity contribution in [2.24, 2.45) is 0 Å². The third kappa shape index (κ3) is 2.18. The van der Waals surface area contributed by atoms with E-state index in [4.69, 9.17) is 9.47 Å². The van der Waals surface area contributed by atoms with Gasteiger partial charge in [0.1, 0.15) is 11.5 Å². The second-order valence-electron chi connectivity index (χ2n) is 4.29. The van der Waals surface area contributed by atoms with E-state index in [1.807, 2.05) is 0 Å². The summed E-state index contributed by atoms with van der Waals surface area (Å²) in [6.07, 6.45) is 0. The summed E-state index contributed by atoms with van der Waals surface area (Å²) in [5.74, 6) is 0.0468. The highest BCUT2D eigenvalue weighted by Gasteiger charge is 2.17. The van der Waals surface area contributed by atoms with Gasteiger partial charge in [0.05, 0.1) is 19.9 Å². The number of carbonyl (C=O) groups is 1. The molecule has 3 rings (SSSR count). The molecule has 9 heteroatoms. The molecule has 0 aliphatic heterocycles. The molecule has 0 amide bonds. The second-order valence-corrected chi connectivity index (χ2v) is 4.29. The summed E-state index contributed by atoms with van der Waals surface area (Å²) in [4.78, 5) is 15.6. The number of carboxylic acids is 1. The Morgan fingerprint density at radius 3 is 2.73 bits per heavy atom. The van der Waals surface area contributed by atoms with Gasteiger partial charge in [-0.25, -0.2) is 9.78 Å². The molecule has 2 heterocycles. The Balaban J connectivity index is 2.24. The second kappa shape index (κ2) is 5.28. The minimum atomic E-state index is -1.16. The van der Waals surface area contributed by atoms with Crippen LogP contribution in [0.1, 0.15) is 10.5 Å². The van der Waals surface area contributed by atoms with Crippen LogP contribution in [-0.2, 0) is 0 Å². The average molecular weight is 301 g/mol. The van der Waals surface area contributed by atoms with Crippen LogP contribution in [-0.4, -0.2) is 50.3 Å². The molecule has 0 saturated heterocycles. The van der Waals surface area contributed by atoms with Crippen molar-refractivity contribution in [1.82, 2.24) is 25.0 Å². The number of tetrazole rings is 1. The van der Waals surface area contributed by atoms with Gasteiger partial charge in [-0.1, -0.05) is 5.10 Å². The molecule has 1 aromatic carbocycles. The Morgan fingerprint density at radius 2 is 2.05 bits per heavy atom. The predicted octanol–water partition coefficient (Wildman–Crippen LogP) is 0.902. The highest BCUT2D eigenvalue weighted by Crippen LogP contribution is 2.32. The number of fused-ring (bicyclic) bond motifs is 1. The highest BCUT2D eigenvalue weighted by molar-refractivity contribution is 5.88. The zero-order valence-electron chi connectivity index (χ0n) is 11.7. The van der Waals surface area contributed by atoms with Crippen molar-refractivity contribution < 1.29 is 19.4 Å². The van der Waals surface area contributed by atoms with Gasteiger partial charge in [-0.05, 0) is 28.6 Å². The smallest absolute Gasteiger partial charge is 0.354 e. The van der Waals surface area contributed by atoms with Crippen molar-refractivity contribution in [2.75, 3.05) is 14.2 Å². The van der Waals surface area contributed by atoms with E-state index >= 15 is 0 Å². The number of aromatic carboxylic acids is 1. The average Bonchev–Trinajstić information content (AvgIpc) is 3.01. The number of hydrogen-bond acceptors (Lipinski definition) is 7. The lowest BCUT2D eigenvalue weighted by Crippen LogP contribution is -2.08. The predicted molar refractivity (Wildman–Crippen MR) is 74.1 cm³/mol. The van der Waals surface area contributed by atoms with Gasteiger partial charge in [-0.2, -0.15) is 4.52 Å². The monoisotopic (exact) mass is 301 g/mol. The van der Waals surface area contributed by atoms with Crippen molar-refractivity contribution in [3.63, 3.8) is 0 Å². The van der Waals surface area contributed by atoms with E-state index < -0.39 is 5.97 Å². The first-order chi connectivity index (χ1) is 10.6. The minimum Gasteiger partial charge on any atom is -0.497 e. The van der Waals surface area contributed by atoms with Crippen molar-refractivity contribution in [2.45, 2.75) is 0 Å². The van der Waals surface area contributed by atoms with Gasteiger partial charge >= 0.3 is 5.97 Å². The molecular formula is C13H11N5O4. The fourth-order valence-corrected chi connectivity index (χ4v) is 2.04. The van der Waals surface area contributed by atoms with Crippen molar-refractivity contribution in [3.8, 4) is 22.8 Å². The third-order valence-electron chi connectivity index (χ3n) is 3.08. The molecule has 0 saturated carbocycles. The topological polar surface area (TPSA) is 112 Å². The lowest BCUT2D eigenvalue weighted by atomic mass is 10.1. The van der Waals surface area contributed by atoms with Gasteiger partial charge in [0, 0.05) is 11.6 Å². The maximum atomic E-state index is 11.4. The van der Waals surface area contributed by atoms with Crippen LogP contribution < -0.4 is 9.47 Å². The number of methoxy groups -OCH3 is 2. The summed E-state index contributed by atoms with van der Waals surface area (Å²) in [5.41, 5.74) is 0.901. The van der Waals surface area contributed by atoms with Crippen LogP contribution >= 0.6 is 0 Å². The van der Waals surface area contributed by atoms with Crippen LogP contribution in [0.2, 0.25) is 0 Å². The molecular weight excluding hydrogens is 290 g/mol. The van der Waals surface area contributed by atoms with Crippen LogP contribution in [0.3, 0.4) is 0 Å². The van der Waals surface area contributed by atoms with Crippen LogP contribution in [0.5, 0.6) is 11.5 Å². The molecule has 1 N–H and O–H groups in total. The van der Waals surface area contributed by atoms with E-state index in [0.29, 0.717) is 22.8 Å². The van der Waals surface area contributed by atoms with Crippen molar-refractivity contribution >= 4 is 11.7 Å². The molecule has 0 aliphatic rings. The van der Waals surface area contributed by atoms with E-state index in [-0.39, 0.29) is 11.5 Å². The Bertz CT molecular complexity index is 861. The van der Waals surface area contributed by atoms with Crippen molar-refractivity contribution in [1.29, 1.82) is 0 Å². The highest BCUT2D eigenvalue weighted by atomic mass is 16.5. The quantitative estimate of drug-likeness (QED) is 0.756. The van der Waals surface area contributed by atoms with Crippen LogP contribution in [0.4, 0.5) is 0 Å². The number of hydrogen-bond donors (Lipinski definition) is 1. The van der Waals surface area contributed by atoms with Crippen LogP contribution in [0.15, 0.2) is 24.3 Å². The lowest BCUT2D eigenvalue weighted by molar-refractivity contribution is 0.0687. The fraction of sp³-hybridized carbons (Fsp3) is 0.154. The first-order valence-electron chi connectivity index (χ1n) is 6.19. The molecule has 0 aliphatic carbocycles. The van der Waals surface area contributed by atoms with E-state index in [1.54, 1.807) is 25.3 Å². The maximum Gasteiger partial charge on any atom is 0.354 e. The zero-order valence-corrected chi connectivity index (χ0v) is 11.7. The Labute approximate surface area is 124 Å². The number of carboxylic acid groups (broad SMARTS) is 1. The number of benzene rings is 1. The Hall–Kier alpha value is -3.23. The number of rotatable bonds is 4. The summed E-state index contributed by atoms with van der Waals surface area (Å²) in [6.45, 7) is 0. The molecule has 112 valence electrons. The van der Waals surface area contributed by atoms with E-state index in [1.165, 1.54) is 13.2 Å². The molecule has 3 aromatic rings. The minimum absolute atomic E-state index is 0.0905. The Kier molecular flexibility index (Phi) is 3.30. The van der Waals surface area contributed by atoms with Gasteiger partial charge in [0.25, 0.3) is 5.78 Å². The molecule has 0 spiro atoms. The number of ether oxygens (including phenoxy) is 2. The molecule has 2 aromatic heterocycles. The van der Waals surface area contributed by atoms with Crippen LogP contribution in [0, 0.1) is 0 Å². The molecule has 0 fully saturated rings. The van der Waals surface area contributed by atoms with E-state index in [0.717, 1.165) is 4.52 Å². The summed E-state index contributed by atoms with van der Waals surface area (Å²) in [6, 6.07) is 6.53. The fourth-order valence-electron chi connectivity index (χ4n) is 2.04. The molecule has 0 unspecified atom stereocenters. The number of nitrogens with zero attached hydrogens (tertiary/aromatic N) is 5. The van der Waals surface area contributed by atoms with E-state index in [2.05, 4.69) is 20.5 Å². The van der Waals surface area contributed by atoms with E-state index in [9.17, 15) is 9.90 Å². The van der Waals surface area contributed by atoms with Crippen LogP contribution in [0.25, 0.3) is 17.0 Å². The maximum absolute atomic E-state index is 11.4. The summed E-state index contributed by atoms with van der Waals surface area (Å²) in [7, 11) is 3.05. The normalized spacial score (nSPS) is 10.6. The summed E-state index contributed by atoms with van der Waals surface area (Å²) < 4.78 is 11.5. The van der Waals surface area contributed by atoms with Gasteiger partial charge in [-0.3, -0.25) is 0 Å². The van der Waals surface area contributed by atoms with Gasteiger partial charge < -0.3 is 14.6 Å². The Morgan fingerprint density at radius 1 is 1.23 bits per heavy atom. The molecule has 0 radical (unpaired) electrons. The number of aromatic nitrogens is 5.